The van der Waals surface area contributed by atoms with Crippen LogP contribution in [0.2, 0.25) is 0 Å². The molecule has 1 aliphatic rings. The maximum atomic E-state index is 12.0. The van der Waals surface area contributed by atoms with Gasteiger partial charge in [0.05, 0.1) is 6.04 Å². The molecule has 1 amide bonds. The normalized spacial score (nSPS) is 23.6. The van der Waals surface area contributed by atoms with E-state index in [0.29, 0.717) is 6.54 Å². The molecule has 20 heavy (non-hydrogen) atoms. The van der Waals surface area contributed by atoms with Crippen LogP contribution in [0.1, 0.15) is 6.92 Å². The van der Waals surface area contributed by atoms with Crippen molar-refractivity contribution in [3.63, 3.8) is 0 Å². The molecule has 1 fully saturated rings. The number of piperazine rings is 1. The smallest absolute Gasteiger partial charge is 0.346 e. The van der Waals surface area contributed by atoms with Crippen molar-refractivity contribution < 1.29 is 18.0 Å². The third-order valence-electron chi connectivity index (χ3n) is 3.50. The van der Waals surface area contributed by atoms with E-state index in [-0.39, 0.29) is 6.04 Å². The van der Waals surface area contributed by atoms with Gasteiger partial charge in [0.2, 0.25) is 5.91 Å². The number of hydrogen-bond donors (Lipinski definition) is 2. The van der Waals surface area contributed by atoms with Crippen LogP contribution in [-0.4, -0.2) is 80.8 Å². The van der Waals surface area contributed by atoms with Crippen LogP contribution < -0.4 is 10.6 Å². The van der Waals surface area contributed by atoms with Gasteiger partial charge < -0.3 is 15.5 Å². The van der Waals surface area contributed by atoms with Crippen molar-refractivity contribution in [3.05, 3.63) is 0 Å². The first-order valence-corrected chi connectivity index (χ1v) is 6.65. The van der Waals surface area contributed by atoms with E-state index < -0.39 is 24.7 Å². The zero-order valence-electron chi connectivity index (χ0n) is 12.1. The Morgan fingerprint density at radius 1 is 1.35 bits per heavy atom. The quantitative estimate of drug-likeness (QED) is 0.743. The number of rotatable bonds is 5. The first kappa shape index (κ1) is 17.2. The van der Waals surface area contributed by atoms with Crippen molar-refractivity contribution in [2.75, 3.05) is 46.8 Å². The standard InChI is InChI=1S/C12H23F3N4O/c1-9(11(20)17-8-12(13,14)15)16-6-10-7-18(2)4-5-19(10)3/h9-10,16H,4-8H2,1-3H3,(H,17,20). The van der Waals surface area contributed by atoms with Crippen LogP contribution in [0, 0.1) is 0 Å². The van der Waals surface area contributed by atoms with Crippen LogP contribution in [0.4, 0.5) is 13.2 Å². The number of carbonyl (C=O) groups excluding carboxylic acids is 1. The fourth-order valence-electron chi connectivity index (χ4n) is 2.07. The molecular weight excluding hydrogens is 273 g/mol. The molecule has 5 nitrogen and oxygen atoms in total. The molecule has 1 aliphatic heterocycles. The Hall–Kier alpha value is -0.860. The summed E-state index contributed by atoms with van der Waals surface area (Å²) in [6.07, 6.45) is -4.37. The molecular formula is C12H23F3N4O. The fourth-order valence-corrected chi connectivity index (χ4v) is 2.07. The van der Waals surface area contributed by atoms with E-state index in [1.165, 1.54) is 0 Å². The summed E-state index contributed by atoms with van der Waals surface area (Å²) in [5, 5.41) is 4.87. The van der Waals surface area contributed by atoms with Gasteiger partial charge in [0.1, 0.15) is 6.54 Å². The lowest BCUT2D eigenvalue weighted by Gasteiger charge is -2.38. The van der Waals surface area contributed by atoms with Crippen LogP contribution in [-0.2, 0) is 4.79 Å². The molecule has 0 saturated carbocycles. The number of carbonyl (C=O) groups is 1. The zero-order chi connectivity index (χ0) is 15.3. The largest absolute Gasteiger partial charge is 0.405 e. The minimum Gasteiger partial charge on any atom is -0.346 e. The summed E-state index contributed by atoms with van der Waals surface area (Å²) in [5.74, 6) is -0.630. The Balaban J connectivity index is 2.31. The molecule has 0 radical (unpaired) electrons. The van der Waals surface area contributed by atoms with Crippen molar-refractivity contribution in [3.8, 4) is 0 Å². The minimum absolute atomic E-state index is 0.256. The number of nitrogens with zero attached hydrogens (tertiary/aromatic N) is 2. The maximum absolute atomic E-state index is 12.0. The Labute approximate surface area is 117 Å². The summed E-state index contributed by atoms with van der Waals surface area (Å²) in [6.45, 7) is 3.66. The first-order chi connectivity index (χ1) is 9.19. The van der Waals surface area contributed by atoms with Crippen molar-refractivity contribution in [1.82, 2.24) is 20.4 Å². The number of halogens is 3. The maximum Gasteiger partial charge on any atom is 0.405 e. The molecule has 2 unspecified atom stereocenters. The Kier molecular flexibility index (Phi) is 6.22. The lowest BCUT2D eigenvalue weighted by atomic mass is 10.1. The molecule has 1 rings (SSSR count). The highest BCUT2D eigenvalue weighted by molar-refractivity contribution is 5.81. The average Bonchev–Trinajstić information content (AvgIpc) is 2.35. The topological polar surface area (TPSA) is 47.6 Å². The molecule has 118 valence electrons. The van der Waals surface area contributed by atoms with Gasteiger partial charge in [-0.05, 0) is 21.0 Å². The van der Waals surface area contributed by atoms with E-state index in [4.69, 9.17) is 0 Å². The Morgan fingerprint density at radius 2 is 2.00 bits per heavy atom. The molecule has 0 aromatic heterocycles. The number of hydrogen-bond acceptors (Lipinski definition) is 4. The molecule has 0 aliphatic carbocycles. The lowest BCUT2D eigenvalue weighted by Crippen LogP contribution is -2.56. The third-order valence-corrected chi connectivity index (χ3v) is 3.50. The molecule has 2 N–H and O–H groups in total. The van der Waals surface area contributed by atoms with Crippen LogP contribution >= 0.6 is 0 Å². The highest BCUT2D eigenvalue weighted by Gasteiger charge is 2.29. The van der Waals surface area contributed by atoms with Crippen LogP contribution in [0.5, 0.6) is 0 Å². The molecule has 0 aromatic carbocycles. The van der Waals surface area contributed by atoms with Gasteiger partial charge in [0.25, 0.3) is 0 Å². The van der Waals surface area contributed by atoms with Gasteiger partial charge in [-0.25, -0.2) is 0 Å². The van der Waals surface area contributed by atoms with Gasteiger partial charge >= 0.3 is 6.18 Å². The SMILES string of the molecule is CC(NCC1CN(C)CCN1C)C(=O)NCC(F)(F)F. The van der Waals surface area contributed by atoms with Crippen molar-refractivity contribution in [2.24, 2.45) is 0 Å². The van der Waals surface area contributed by atoms with Crippen molar-refractivity contribution >= 4 is 5.91 Å². The highest BCUT2D eigenvalue weighted by atomic mass is 19.4. The van der Waals surface area contributed by atoms with Gasteiger partial charge in [0.15, 0.2) is 0 Å². The zero-order valence-corrected chi connectivity index (χ0v) is 12.1. The lowest BCUT2D eigenvalue weighted by molar-refractivity contribution is -0.139. The second-order valence-corrected chi connectivity index (χ2v) is 5.36. The second kappa shape index (κ2) is 7.24. The molecule has 1 saturated heterocycles. The Morgan fingerprint density at radius 3 is 2.60 bits per heavy atom. The van der Waals surface area contributed by atoms with E-state index in [2.05, 4.69) is 15.1 Å². The third kappa shape index (κ3) is 6.06. The predicted octanol–water partition coefficient (Wildman–Crippen LogP) is -0.111. The van der Waals surface area contributed by atoms with Crippen molar-refractivity contribution in [1.29, 1.82) is 0 Å². The first-order valence-electron chi connectivity index (χ1n) is 6.65. The summed E-state index contributed by atoms with van der Waals surface area (Å²) in [4.78, 5) is 15.9. The van der Waals surface area contributed by atoms with Gasteiger partial charge in [-0.2, -0.15) is 13.2 Å². The van der Waals surface area contributed by atoms with Gasteiger partial charge in [-0.15, -0.1) is 0 Å². The van der Waals surface area contributed by atoms with E-state index in [0.717, 1.165) is 19.6 Å². The average molecular weight is 296 g/mol. The van der Waals surface area contributed by atoms with E-state index in [1.54, 1.807) is 6.92 Å². The molecule has 0 spiro atoms. The number of nitrogens with one attached hydrogen (secondary N) is 2. The monoisotopic (exact) mass is 296 g/mol. The summed E-state index contributed by atoms with van der Waals surface area (Å²) in [7, 11) is 4.03. The van der Waals surface area contributed by atoms with Gasteiger partial charge in [0, 0.05) is 32.2 Å². The second-order valence-electron chi connectivity index (χ2n) is 5.36. The summed E-state index contributed by atoms with van der Waals surface area (Å²) >= 11 is 0. The molecule has 0 aromatic rings. The van der Waals surface area contributed by atoms with E-state index in [9.17, 15) is 18.0 Å². The van der Waals surface area contributed by atoms with Crippen LogP contribution in [0.3, 0.4) is 0 Å². The van der Waals surface area contributed by atoms with Gasteiger partial charge in [-0.3, -0.25) is 9.69 Å². The molecule has 0 bridgehead atoms. The van der Waals surface area contributed by atoms with Crippen molar-refractivity contribution in [2.45, 2.75) is 25.2 Å². The van der Waals surface area contributed by atoms with Crippen LogP contribution in [0.15, 0.2) is 0 Å². The number of alkyl halides is 3. The summed E-state index contributed by atoms with van der Waals surface area (Å²) < 4.78 is 36.0. The fraction of sp³-hybridized carbons (Fsp3) is 0.917. The Bertz CT molecular complexity index is 324. The molecule has 8 heteroatoms. The number of amides is 1. The van der Waals surface area contributed by atoms with E-state index in [1.807, 2.05) is 19.4 Å². The van der Waals surface area contributed by atoms with E-state index >= 15 is 0 Å². The summed E-state index contributed by atoms with van der Waals surface area (Å²) in [6, 6.07) is -0.385. The van der Waals surface area contributed by atoms with Gasteiger partial charge in [-0.1, -0.05) is 0 Å². The minimum atomic E-state index is -4.37. The summed E-state index contributed by atoms with van der Waals surface area (Å²) in [5.41, 5.74) is 0. The molecule has 2 atom stereocenters. The molecule has 1 heterocycles. The predicted molar refractivity (Wildman–Crippen MR) is 70.4 cm³/mol. The highest BCUT2D eigenvalue weighted by Crippen LogP contribution is 2.12. The van der Waals surface area contributed by atoms with Crippen LogP contribution in [0.25, 0.3) is 0 Å². The number of likely N-dealkylation sites (N-methyl/N-ethyl adjacent to an activating group) is 2.